The van der Waals surface area contributed by atoms with Gasteiger partial charge in [-0.3, -0.25) is 0 Å². The second-order valence-electron chi connectivity index (χ2n) is 5.82. The van der Waals surface area contributed by atoms with Gasteiger partial charge in [0.05, 0.1) is 0 Å². The third-order valence-corrected chi connectivity index (χ3v) is 4.06. The van der Waals surface area contributed by atoms with E-state index in [1.165, 1.54) is 44.9 Å². The van der Waals surface area contributed by atoms with Crippen LogP contribution in [-0.4, -0.2) is 27.2 Å². The quantitative estimate of drug-likeness (QED) is 0.585. The number of aliphatic hydroxyl groups is 3. The molecule has 1 fully saturated rings. The van der Waals surface area contributed by atoms with Crippen LogP contribution in [0, 0.1) is 0 Å². The van der Waals surface area contributed by atoms with Gasteiger partial charge in [-0.15, -0.1) is 0 Å². The van der Waals surface area contributed by atoms with Crippen LogP contribution in [0.5, 0.6) is 0 Å². The molecule has 3 heteroatoms. The molecule has 0 bridgehead atoms. The molecule has 3 nitrogen and oxygen atoms in total. The minimum Gasteiger partial charge on any atom is -0.388 e. The molecule has 1 aliphatic carbocycles. The van der Waals surface area contributed by atoms with Crippen molar-refractivity contribution in [3.8, 4) is 0 Å². The van der Waals surface area contributed by atoms with Crippen LogP contribution >= 0.6 is 0 Å². The van der Waals surface area contributed by atoms with Crippen LogP contribution in [0.25, 0.3) is 0 Å². The molecule has 0 aromatic carbocycles. The number of aliphatic hydroxyl groups excluding tert-OH is 1. The van der Waals surface area contributed by atoms with Gasteiger partial charge in [0.1, 0.15) is 6.10 Å². The second kappa shape index (κ2) is 8.89. The van der Waals surface area contributed by atoms with Crippen LogP contribution in [0.1, 0.15) is 83.5 Å². The first-order chi connectivity index (χ1) is 8.63. The van der Waals surface area contributed by atoms with E-state index in [0.717, 1.165) is 25.7 Å². The van der Waals surface area contributed by atoms with Gasteiger partial charge in [-0.2, -0.15) is 0 Å². The molecule has 1 aliphatic rings. The van der Waals surface area contributed by atoms with Gasteiger partial charge < -0.3 is 15.3 Å². The Morgan fingerprint density at radius 2 is 1.00 bits per heavy atom. The molecule has 0 aromatic rings. The zero-order valence-corrected chi connectivity index (χ0v) is 11.6. The Labute approximate surface area is 111 Å². The Hall–Kier alpha value is -0.120. The van der Waals surface area contributed by atoms with E-state index < -0.39 is 11.9 Å². The van der Waals surface area contributed by atoms with E-state index in [0.29, 0.717) is 12.8 Å². The van der Waals surface area contributed by atoms with Crippen molar-refractivity contribution in [1.82, 2.24) is 0 Å². The molecule has 0 amide bonds. The van der Waals surface area contributed by atoms with Crippen molar-refractivity contribution in [2.75, 3.05) is 0 Å². The summed E-state index contributed by atoms with van der Waals surface area (Å²) in [5.41, 5.74) is 0. The average Bonchev–Trinajstić information content (AvgIpc) is 2.34. The van der Waals surface area contributed by atoms with Crippen molar-refractivity contribution in [2.24, 2.45) is 0 Å². The van der Waals surface area contributed by atoms with E-state index in [1.807, 2.05) is 0 Å². The lowest BCUT2D eigenvalue weighted by atomic mass is 9.97. The van der Waals surface area contributed by atoms with E-state index in [1.54, 1.807) is 0 Å². The van der Waals surface area contributed by atoms with Gasteiger partial charge in [0.25, 0.3) is 0 Å². The van der Waals surface area contributed by atoms with Crippen molar-refractivity contribution in [2.45, 2.75) is 95.4 Å². The van der Waals surface area contributed by atoms with Crippen molar-refractivity contribution in [3.05, 3.63) is 0 Å². The average molecular weight is 258 g/mol. The summed E-state index contributed by atoms with van der Waals surface area (Å²) >= 11 is 0. The highest BCUT2D eigenvalue weighted by atomic mass is 16.5. The second-order valence-corrected chi connectivity index (χ2v) is 5.82. The lowest BCUT2D eigenvalue weighted by Gasteiger charge is -2.27. The minimum absolute atomic E-state index is 0.300. The monoisotopic (exact) mass is 258 g/mol. The molecule has 0 aromatic heterocycles. The SMILES string of the molecule is OC1CCCCCCCCCCCCCC1(O)O. The molecule has 1 rings (SSSR count). The fourth-order valence-corrected chi connectivity index (χ4v) is 2.71. The minimum atomic E-state index is -1.87. The highest BCUT2D eigenvalue weighted by molar-refractivity contribution is 4.75. The summed E-state index contributed by atoms with van der Waals surface area (Å²) in [6.45, 7) is 0. The van der Waals surface area contributed by atoms with Crippen LogP contribution in [0.2, 0.25) is 0 Å². The van der Waals surface area contributed by atoms with Crippen LogP contribution < -0.4 is 0 Å². The highest BCUT2D eigenvalue weighted by Crippen LogP contribution is 2.22. The molecule has 0 radical (unpaired) electrons. The van der Waals surface area contributed by atoms with Gasteiger partial charge in [0.2, 0.25) is 0 Å². The Morgan fingerprint density at radius 1 is 0.611 bits per heavy atom. The summed E-state index contributed by atoms with van der Waals surface area (Å²) in [7, 11) is 0. The van der Waals surface area contributed by atoms with Crippen LogP contribution in [0.15, 0.2) is 0 Å². The van der Waals surface area contributed by atoms with Crippen molar-refractivity contribution in [1.29, 1.82) is 0 Å². The molecule has 1 unspecified atom stereocenters. The number of rotatable bonds is 0. The van der Waals surface area contributed by atoms with Gasteiger partial charge in [0, 0.05) is 6.42 Å². The number of hydrogen-bond acceptors (Lipinski definition) is 3. The maximum absolute atomic E-state index is 9.81. The lowest BCUT2D eigenvalue weighted by molar-refractivity contribution is -0.230. The number of hydrogen-bond donors (Lipinski definition) is 3. The molecule has 1 saturated carbocycles. The van der Waals surface area contributed by atoms with E-state index >= 15 is 0 Å². The van der Waals surface area contributed by atoms with Gasteiger partial charge in [-0.25, -0.2) is 0 Å². The molecule has 0 aliphatic heterocycles. The summed E-state index contributed by atoms with van der Waals surface area (Å²) < 4.78 is 0. The maximum atomic E-state index is 9.81. The van der Waals surface area contributed by atoms with Crippen molar-refractivity contribution >= 4 is 0 Å². The molecule has 0 heterocycles. The lowest BCUT2D eigenvalue weighted by Crippen LogP contribution is -2.42. The van der Waals surface area contributed by atoms with Gasteiger partial charge in [-0.1, -0.05) is 64.2 Å². The summed E-state index contributed by atoms with van der Waals surface area (Å²) in [4.78, 5) is 0. The fourth-order valence-electron chi connectivity index (χ4n) is 2.71. The topological polar surface area (TPSA) is 60.7 Å². The van der Waals surface area contributed by atoms with E-state index in [-0.39, 0.29) is 0 Å². The van der Waals surface area contributed by atoms with E-state index in [9.17, 15) is 15.3 Å². The van der Waals surface area contributed by atoms with Gasteiger partial charge in [0.15, 0.2) is 5.79 Å². The molecule has 108 valence electrons. The first kappa shape index (κ1) is 15.9. The van der Waals surface area contributed by atoms with Gasteiger partial charge >= 0.3 is 0 Å². The third kappa shape index (κ3) is 6.72. The maximum Gasteiger partial charge on any atom is 0.189 e. The van der Waals surface area contributed by atoms with Crippen molar-refractivity contribution < 1.29 is 15.3 Å². The smallest absolute Gasteiger partial charge is 0.189 e. The largest absolute Gasteiger partial charge is 0.388 e. The summed E-state index contributed by atoms with van der Waals surface area (Å²) in [5, 5.41) is 29.4. The first-order valence-electron chi connectivity index (χ1n) is 7.76. The molecular formula is C15H30O3. The molecular weight excluding hydrogens is 228 g/mol. The van der Waals surface area contributed by atoms with Crippen molar-refractivity contribution in [3.63, 3.8) is 0 Å². The van der Waals surface area contributed by atoms with Crippen LogP contribution in [-0.2, 0) is 0 Å². The standard InChI is InChI=1S/C15H30O3/c16-14-12-10-8-6-4-2-1-3-5-7-9-11-13-15(14,17)18/h14,16-18H,1-13H2. The summed E-state index contributed by atoms with van der Waals surface area (Å²) in [5.74, 6) is -1.87. The Balaban J connectivity index is 2.34. The summed E-state index contributed by atoms with van der Waals surface area (Å²) in [6, 6.07) is 0. The van der Waals surface area contributed by atoms with Crippen LogP contribution in [0.3, 0.4) is 0 Å². The Morgan fingerprint density at radius 3 is 1.50 bits per heavy atom. The predicted octanol–water partition coefficient (Wildman–Crippen LogP) is 3.11. The zero-order chi connectivity index (χ0) is 13.3. The zero-order valence-electron chi connectivity index (χ0n) is 11.6. The first-order valence-corrected chi connectivity index (χ1v) is 7.76. The summed E-state index contributed by atoms with van der Waals surface area (Å²) in [6.07, 6.45) is 12.5. The Kier molecular flexibility index (Phi) is 7.87. The van der Waals surface area contributed by atoms with Crippen LogP contribution in [0.4, 0.5) is 0 Å². The normalized spacial score (nSPS) is 29.2. The Bertz CT molecular complexity index is 204. The third-order valence-electron chi connectivity index (χ3n) is 4.06. The highest BCUT2D eigenvalue weighted by Gasteiger charge is 2.31. The molecule has 1 atom stereocenters. The molecule has 0 saturated heterocycles. The van der Waals surface area contributed by atoms with Gasteiger partial charge in [-0.05, 0) is 12.8 Å². The van der Waals surface area contributed by atoms with E-state index in [2.05, 4.69) is 0 Å². The van der Waals surface area contributed by atoms with E-state index in [4.69, 9.17) is 0 Å². The molecule has 18 heavy (non-hydrogen) atoms. The predicted molar refractivity (Wildman–Crippen MR) is 73.2 cm³/mol. The molecule has 3 N–H and O–H groups in total. The fraction of sp³-hybridized carbons (Fsp3) is 1.00. The molecule has 0 spiro atoms.